The zero-order chi connectivity index (χ0) is 25.6. The van der Waals surface area contributed by atoms with Crippen molar-refractivity contribution in [3.63, 3.8) is 0 Å². The first-order valence-corrected chi connectivity index (χ1v) is 10.8. The van der Waals surface area contributed by atoms with E-state index in [-0.39, 0.29) is 18.9 Å². The van der Waals surface area contributed by atoms with Crippen LogP contribution in [0.3, 0.4) is 0 Å². The second-order valence-electron chi connectivity index (χ2n) is 7.79. The molecule has 0 aliphatic carbocycles. The highest BCUT2D eigenvalue weighted by Gasteiger charge is 2.37. The Morgan fingerprint density at radius 3 is 2.40 bits per heavy atom. The van der Waals surface area contributed by atoms with Crippen LogP contribution in [0.4, 0.5) is 24.5 Å². The van der Waals surface area contributed by atoms with Gasteiger partial charge >= 0.3 is 18.1 Å². The molecule has 1 atom stereocenters. The molecule has 0 bridgehead atoms. The van der Waals surface area contributed by atoms with Crippen molar-refractivity contribution in [3.8, 4) is 0 Å². The average molecular weight is 492 g/mol. The number of alkyl halides is 3. The summed E-state index contributed by atoms with van der Waals surface area (Å²) in [5.74, 6) is -3.45. The Hall–Kier alpha value is -3.89. The van der Waals surface area contributed by atoms with Crippen molar-refractivity contribution in [2.24, 2.45) is 5.92 Å². The van der Waals surface area contributed by atoms with Gasteiger partial charge in [-0.2, -0.15) is 13.2 Å². The van der Waals surface area contributed by atoms with Gasteiger partial charge in [0.25, 0.3) is 5.91 Å². The standard InChI is InChI=1S/C24H23F3N2O6/c1-2-11-34-22(32)15-7-9-17(10-8-15)29-13-16(12-21(29)31)23(33)35-14-20(30)28-19-6-4-3-5-18(19)24(25,26)27/h3-10,16H,2,11-14H2,1H3,(H,28,30)/t16-/m0/s1. The average Bonchev–Trinajstić information content (AvgIpc) is 3.22. The minimum absolute atomic E-state index is 0.00415. The maximum Gasteiger partial charge on any atom is 0.418 e. The van der Waals surface area contributed by atoms with Gasteiger partial charge in [-0.15, -0.1) is 0 Å². The summed E-state index contributed by atoms with van der Waals surface area (Å²) >= 11 is 0. The number of carbonyl (C=O) groups excluding carboxylic acids is 4. The maximum atomic E-state index is 13.0. The molecule has 1 aliphatic rings. The molecular weight excluding hydrogens is 469 g/mol. The Bertz CT molecular complexity index is 1100. The number of nitrogens with one attached hydrogen (secondary N) is 1. The molecule has 186 valence electrons. The minimum Gasteiger partial charge on any atom is -0.462 e. The predicted octanol–water partition coefficient (Wildman–Crippen LogP) is 3.81. The molecule has 2 aromatic carbocycles. The van der Waals surface area contributed by atoms with E-state index in [2.05, 4.69) is 5.32 Å². The molecule has 2 aromatic rings. The highest BCUT2D eigenvalue weighted by Crippen LogP contribution is 2.34. The van der Waals surface area contributed by atoms with Crippen LogP contribution in [-0.2, 0) is 30.0 Å². The number of nitrogens with zero attached hydrogens (tertiary/aromatic N) is 1. The summed E-state index contributed by atoms with van der Waals surface area (Å²) in [6.07, 6.45) is -4.13. The molecule has 35 heavy (non-hydrogen) atoms. The second kappa shape index (κ2) is 11.0. The van der Waals surface area contributed by atoms with Crippen molar-refractivity contribution >= 4 is 35.1 Å². The van der Waals surface area contributed by atoms with Crippen LogP contribution in [0.2, 0.25) is 0 Å². The number of hydrogen-bond acceptors (Lipinski definition) is 6. The van der Waals surface area contributed by atoms with Gasteiger partial charge in [0.1, 0.15) is 0 Å². The van der Waals surface area contributed by atoms with E-state index in [0.717, 1.165) is 12.1 Å². The zero-order valence-corrected chi connectivity index (χ0v) is 18.8. The molecule has 0 unspecified atom stereocenters. The van der Waals surface area contributed by atoms with Gasteiger partial charge < -0.3 is 19.7 Å². The van der Waals surface area contributed by atoms with Crippen LogP contribution in [0.15, 0.2) is 48.5 Å². The van der Waals surface area contributed by atoms with Gasteiger partial charge in [-0.1, -0.05) is 19.1 Å². The van der Waals surface area contributed by atoms with E-state index >= 15 is 0 Å². The van der Waals surface area contributed by atoms with Gasteiger partial charge in [-0.05, 0) is 42.8 Å². The molecular formula is C24H23F3N2O6. The highest BCUT2D eigenvalue weighted by atomic mass is 19.4. The number of carbonyl (C=O) groups is 4. The summed E-state index contributed by atoms with van der Waals surface area (Å²) < 4.78 is 49.1. The first-order valence-electron chi connectivity index (χ1n) is 10.8. The van der Waals surface area contributed by atoms with Gasteiger partial charge in [0.2, 0.25) is 5.91 Å². The number of benzene rings is 2. The van der Waals surface area contributed by atoms with Crippen molar-refractivity contribution in [1.29, 1.82) is 0 Å². The number of rotatable bonds is 8. The van der Waals surface area contributed by atoms with Crippen LogP contribution in [0.5, 0.6) is 0 Å². The molecule has 0 spiro atoms. The summed E-state index contributed by atoms with van der Waals surface area (Å²) in [4.78, 5) is 50.1. The molecule has 8 nitrogen and oxygen atoms in total. The summed E-state index contributed by atoms with van der Waals surface area (Å²) in [5, 5.41) is 2.08. The lowest BCUT2D eigenvalue weighted by Crippen LogP contribution is -2.28. The van der Waals surface area contributed by atoms with Gasteiger partial charge in [0, 0.05) is 18.7 Å². The van der Waals surface area contributed by atoms with Crippen LogP contribution in [0, 0.1) is 5.92 Å². The second-order valence-corrected chi connectivity index (χ2v) is 7.79. The van der Waals surface area contributed by atoms with Crippen LogP contribution in [0.1, 0.15) is 35.7 Å². The fourth-order valence-electron chi connectivity index (χ4n) is 3.45. The minimum atomic E-state index is -4.66. The quantitative estimate of drug-likeness (QED) is 0.563. The third-order valence-electron chi connectivity index (χ3n) is 5.16. The van der Waals surface area contributed by atoms with E-state index in [1.54, 1.807) is 12.1 Å². The van der Waals surface area contributed by atoms with Crippen LogP contribution >= 0.6 is 0 Å². The summed E-state index contributed by atoms with van der Waals surface area (Å²) in [6, 6.07) is 10.6. The van der Waals surface area contributed by atoms with E-state index in [0.29, 0.717) is 24.3 Å². The molecule has 1 aliphatic heterocycles. The summed E-state index contributed by atoms with van der Waals surface area (Å²) in [7, 11) is 0. The molecule has 0 saturated carbocycles. The highest BCUT2D eigenvalue weighted by molar-refractivity contribution is 6.00. The fraction of sp³-hybridized carbons (Fsp3) is 0.333. The summed E-state index contributed by atoms with van der Waals surface area (Å²) in [5.41, 5.74) is -0.687. The fourth-order valence-corrected chi connectivity index (χ4v) is 3.45. The largest absolute Gasteiger partial charge is 0.462 e. The molecule has 1 fully saturated rings. The number of ether oxygens (including phenoxy) is 2. The Labute approximate surface area is 199 Å². The third-order valence-corrected chi connectivity index (χ3v) is 5.16. The molecule has 1 heterocycles. The Kier molecular flexibility index (Phi) is 8.10. The molecule has 1 N–H and O–H groups in total. The topological polar surface area (TPSA) is 102 Å². The lowest BCUT2D eigenvalue weighted by molar-refractivity contribution is -0.151. The van der Waals surface area contributed by atoms with E-state index in [9.17, 15) is 32.3 Å². The lowest BCUT2D eigenvalue weighted by atomic mass is 10.1. The Morgan fingerprint density at radius 2 is 1.74 bits per heavy atom. The van der Waals surface area contributed by atoms with Gasteiger partial charge in [0.15, 0.2) is 6.61 Å². The van der Waals surface area contributed by atoms with Crippen LogP contribution in [-0.4, -0.2) is 43.5 Å². The first-order chi connectivity index (χ1) is 16.6. The molecule has 2 amide bonds. The van der Waals surface area contributed by atoms with Gasteiger partial charge in [0.05, 0.1) is 29.3 Å². The number of para-hydroxylation sites is 1. The normalized spacial score (nSPS) is 15.6. The van der Waals surface area contributed by atoms with Crippen molar-refractivity contribution in [3.05, 3.63) is 59.7 Å². The van der Waals surface area contributed by atoms with E-state index in [1.807, 2.05) is 6.92 Å². The van der Waals surface area contributed by atoms with Gasteiger partial charge in [-0.3, -0.25) is 14.4 Å². The van der Waals surface area contributed by atoms with Crippen molar-refractivity contribution < 1.29 is 41.8 Å². The van der Waals surface area contributed by atoms with E-state index in [1.165, 1.54) is 29.2 Å². The predicted molar refractivity (Wildman–Crippen MR) is 119 cm³/mol. The smallest absolute Gasteiger partial charge is 0.418 e. The van der Waals surface area contributed by atoms with Crippen LogP contribution < -0.4 is 10.2 Å². The van der Waals surface area contributed by atoms with Crippen LogP contribution in [0.25, 0.3) is 0 Å². The Morgan fingerprint density at radius 1 is 1.06 bits per heavy atom. The zero-order valence-electron chi connectivity index (χ0n) is 18.8. The Balaban J connectivity index is 1.54. The molecule has 1 saturated heterocycles. The lowest BCUT2D eigenvalue weighted by Gasteiger charge is -2.17. The summed E-state index contributed by atoms with van der Waals surface area (Å²) in [6.45, 7) is 1.36. The SMILES string of the molecule is CCCOC(=O)c1ccc(N2C[C@@H](C(=O)OCC(=O)Nc3ccccc3C(F)(F)F)CC2=O)cc1. The van der Waals surface area contributed by atoms with Crippen molar-refractivity contribution in [1.82, 2.24) is 0 Å². The van der Waals surface area contributed by atoms with E-state index < -0.39 is 47.8 Å². The number of halogens is 3. The number of amides is 2. The number of esters is 2. The van der Waals surface area contributed by atoms with Crippen molar-refractivity contribution in [2.75, 3.05) is 30.0 Å². The van der Waals surface area contributed by atoms with Crippen molar-refractivity contribution in [2.45, 2.75) is 25.9 Å². The third kappa shape index (κ3) is 6.58. The van der Waals surface area contributed by atoms with Gasteiger partial charge in [-0.25, -0.2) is 4.79 Å². The molecule has 11 heteroatoms. The number of hydrogen-bond donors (Lipinski definition) is 1. The monoisotopic (exact) mass is 492 g/mol. The van der Waals surface area contributed by atoms with E-state index in [4.69, 9.17) is 9.47 Å². The number of anilines is 2. The molecule has 0 aromatic heterocycles. The first kappa shape index (κ1) is 25.7. The molecule has 3 rings (SSSR count). The maximum absolute atomic E-state index is 13.0. The molecule has 0 radical (unpaired) electrons.